The van der Waals surface area contributed by atoms with E-state index in [1.807, 2.05) is 30.3 Å². The summed E-state index contributed by atoms with van der Waals surface area (Å²) in [6.45, 7) is 1.10. The van der Waals surface area contributed by atoms with E-state index in [0.717, 1.165) is 5.56 Å². The summed E-state index contributed by atoms with van der Waals surface area (Å²) in [4.78, 5) is 0. The van der Waals surface area contributed by atoms with Gasteiger partial charge in [0.05, 0.1) is 19.0 Å². The molecule has 0 aliphatic rings. The Balaban J connectivity index is 2.13. The van der Waals surface area contributed by atoms with Gasteiger partial charge in [-0.05, 0) is 5.56 Å². The van der Waals surface area contributed by atoms with E-state index in [0.29, 0.717) is 13.2 Å². The van der Waals surface area contributed by atoms with Gasteiger partial charge in [-0.2, -0.15) is 0 Å². The number of benzene rings is 1. The van der Waals surface area contributed by atoms with Crippen LogP contribution < -0.4 is 4.72 Å². The van der Waals surface area contributed by atoms with E-state index in [-0.39, 0.29) is 18.2 Å². The van der Waals surface area contributed by atoms with E-state index < -0.39 is 10.0 Å². The molecule has 0 spiro atoms. The fourth-order valence-corrected chi connectivity index (χ4v) is 2.56. The van der Waals surface area contributed by atoms with Crippen molar-refractivity contribution in [2.24, 2.45) is 0 Å². The predicted molar refractivity (Wildman–Crippen MR) is 68.6 cm³/mol. The van der Waals surface area contributed by atoms with Crippen molar-refractivity contribution in [3.8, 4) is 0 Å². The number of halogens is 1. The molecule has 1 N–H and O–H groups in total. The number of sulfonamides is 1. The van der Waals surface area contributed by atoms with Crippen LogP contribution in [0, 0.1) is 0 Å². The Morgan fingerprint density at radius 3 is 2.59 bits per heavy atom. The molecule has 0 aliphatic carbocycles. The number of alkyl halides is 1. The summed E-state index contributed by atoms with van der Waals surface area (Å²) >= 11 is 5.36. The quantitative estimate of drug-likeness (QED) is 0.577. The Labute approximate surface area is 107 Å². The molecule has 4 nitrogen and oxygen atoms in total. The Bertz CT molecular complexity index is 408. The largest absolute Gasteiger partial charge is 0.375 e. The monoisotopic (exact) mass is 277 g/mol. The third-order valence-electron chi connectivity index (χ3n) is 2.03. The topological polar surface area (TPSA) is 55.4 Å². The number of ether oxygens (including phenoxy) is 1. The average Bonchev–Trinajstić information content (AvgIpc) is 2.30. The molecule has 1 aromatic rings. The summed E-state index contributed by atoms with van der Waals surface area (Å²) in [7, 11) is -3.24. The second-order valence-corrected chi connectivity index (χ2v) is 5.74. The van der Waals surface area contributed by atoms with Gasteiger partial charge in [0, 0.05) is 12.4 Å². The van der Waals surface area contributed by atoms with Crippen LogP contribution in [0.1, 0.15) is 5.56 Å². The molecule has 0 fully saturated rings. The van der Waals surface area contributed by atoms with Crippen molar-refractivity contribution in [3.63, 3.8) is 0 Å². The molecule has 0 bridgehead atoms. The molecule has 0 amide bonds. The SMILES string of the molecule is O=S(=O)(CCCl)NCCOCc1ccccc1. The third kappa shape index (κ3) is 6.63. The maximum absolute atomic E-state index is 11.2. The standard InChI is InChI=1S/C11H16ClNO3S/c12-6-9-17(14,15)13-7-8-16-10-11-4-2-1-3-5-11/h1-5,13H,6-10H2. The van der Waals surface area contributed by atoms with Crippen LogP contribution in [0.5, 0.6) is 0 Å². The minimum absolute atomic E-state index is 0.0623. The summed E-state index contributed by atoms with van der Waals surface area (Å²) < 4.78 is 30.2. The zero-order chi connectivity index (χ0) is 12.6. The first-order valence-corrected chi connectivity index (χ1v) is 7.48. The molecule has 6 heteroatoms. The zero-order valence-electron chi connectivity index (χ0n) is 9.43. The number of nitrogens with one attached hydrogen (secondary N) is 1. The van der Waals surface area contributed by atoms with Gasteiger partial charge in [0.2, 0.25) is 10.0 Å². The van der Waals surface area contributed by atoms with Crippen LogP contribution >= 0.6 is 11.6 Å². The molecule has 17 heavy (non-hydrogen) atoms. The molecule has 0 aliphatic heterocycles. The van der Waals surface area contributed by atoms with Gasteiger partial charge in [-0.1, -0.05) is 30.3 Å². The van der Waals surface area contributed by atoms with E-state index in [2.05, 4.69) is 4.72 Å². The third-order valence-corrected chi connectivity index (χ3v) is 3.82. The maximum Gasteiger partial charge on any atom is 0.212 e. The van der Waals surface area contributed by atoms with E-state index in [9.17, 15) is 8.42 Å². The van der Waals surface area contributed by atoms with Crippen LogP contribution in [0.2, 0.25) is 0 Å². The Hall–Kier alpha value is -0.620. The molecular weight excluding hydrogens is 262 g/mol. The molecule has 0 heterocycles. The van der Waals surface area contributed by atoms with Gasteiger partial charge in [0.1, 0.15) is 0 Å². The van der Waals surface area contributed by atoms with Crippen molar-refractivity contribution < 1.29 is 13.2 Å². The molecule has 0 aromatic heterocycles. The molecule has 0 radical (unpaired) electrons. The highest BCUT2D eigenvalue weighted by Gasteiger charge is 2.07. The molecule has 1 aromatic carbocycles. The lowest BCUT2D eigenvalue weighted by Crippen LogP contribution is -2.30. The van der Waals surface area contributed by atoms with Gasteiger partial charge in [0.25, 0.3) is 0 Å². The first-order chi connectivity index (χ1) is 8.14. The average molecular weight is 278 g/mol. The summed E-state index contributed by atoms with van der Waals surface area (Å²) in [5, 5.41) is 0. The Kier molecular flexibility index (Phi) is 6.50. The van der Waals surface area contributed by atoms with Crippen molar-refractivity contribution in [2.75, 3.05) is 24.8 Å². The van der Waals surface area contributed by atoms with Crippen molar-refractivity contribution in [1.29, 1.82) is 0 Å². The zero-order valence-corrected chi connectivity index (χ0v) is 11.0. The second kappa shape index (κ2) is 7.66. The summed E-state index contributed by atoms with van der Waals surface area (Å²) in [5.74, 6) is 0.0352. The Morgan fingerprint density at radius 2 is 1.94 bits per heavy atom. The van der Waals surface area contributed by atoms with Crippen LogP contribution in [0.15, 0.2) is 30.3 Å². The fraction of sp³-hybridized carbons (Fsp3) is 0.455. The van der Waals surface area contributed by atoms with Crippen LogP contribution in [0.3, 0.4) is 0 Å². The molecule has 0 unspecified atom stereocenters. The first kappa shape index (κ1) is 14.4. The van der Waals surface area contributed by atoms with Crippen LogP contribution in [0.4, 0.5) is 0 Å². The van der Waals surface area contributed by atoms with Gasteiger partial charge in [-0.25, -0.2) is 13.1 Å². The van der Waals surface area contributed by atoms with Crippen LogP contribution in [-0.2, 0) is 21.4 Å². The van der Waals surface area contributed by atoms with Crippen molar-refractivity contribution in [2.45, 2.75) is 6.61 Å². The number of hydrogen-bond donors (Lipinski definition) is 1. The Morgan fingerprint density at radius 1 is 1.24 bits per heavy atom. The molecular formula is C11H16ClNO3S. The molecule has 1 rings (SSSR count). The highest BCUT2D eigenvalue weighted by Crippen LogP contribution is 1.99. The van der Waals surface area contributed by atoms with Crippen molar-refractivity contribution >= 4 is 21.6 Å². The maximum atomic E-state index is 11.2. The fourth-order valence-electron chi connectivity index (χ4n) is 1.21. The highest BCUT2D eigenvalue weighted by molar-refractivity contribution is 7.89. The van der Waals surface area contributed by atoms with E-state index in [1.54, 1.807) is 0 Å². The van der Waals surface area contributed by atoms with Gasteiger partial charge in [-0.15, -0.1) is 11.6 Å². The molecule has 0 atom stereocenters. The predicted octanol–water partition coefficient (Wildman–Crippen LogP) is 1.36. The highest BCUT2D eigenvalue weighted by atomic mass is 35.5. The summed E-state index contributed by atoms with van der Waals surface area (Å²) in [6.07, 6.45) is 0. The molecule has 0 saturated carbocycles. The minimum atomic E-state index is -3.24. The normalized spacial score (nSPS) is 11.6. The molecule has 96 valence electrons. The van der Waals surface area contributed by atoms with E-state index in [4.69, 9.17) is 16.3 Å². The van der Waals surface area contributed by atoms with E-state index >= 15 is 0 Å². The number of rotatable bonds is 8. The minimum Gasteiger partial charge on any atom is -0.375 e. The van der Waals surface area contributed by atoms with Gasteiger partial charge in [-0.3, -0.25) is 0 Å². The van der Waals surface area contributed by atoms with Gasteiger partial charge < -0.3 is 4.74 Å². The van der Waals surface area contributed by atoms with Crippen molar-refractivity contribution in [3.05, 3.63) is 35.9 Å². The lowest BCUT2D eigenvalue weighted by Gasteiger charge is -2.06. The second-order valence-electron chi connectivity index (χ2n) is 3.44. The first-order valence-electron chi connectivity index (χ1n) is 5.29. The lowest BCUT2D eigenvalue weighted by molar-refractivity contribution is 0.126. The summed E-state index contributed by atoms with van der Waals surface area (Å²) in [5.41, 5.74) is 1.07. The van der Waals surface area contributed by atoms with Crippen LogP contribution in [0.25, 0.3) is 0 Å². The summed E-state index contributed by atoms with van der Waals surface area (Å²) in [6, 6.07) is 9.71. The lowest BCUT2D eigenvalue weighted by atomic mass is 10.2. The number of hydrogen-bond acceptors (Lipinski definition) is 3. The van der Waals surface area contributed by atoms with Crippen LogP contribution in [-0.4, -0.2) is 33.2 Å². The van der Waals surface area contributed by atoms with Gasteiger partial charge in [0.15, 0.2) is 0 Å². The molecule has 0 saturated heterocycles. The smallest absolute Gasteiger partial charge is 0.212 e. The van der Waals surface area contributed by atoms with E-state index in [1.165, 1.54) is 0 Å². The van der Waals surface area contributed by atoms with Crippen molar-refractivity contribution in [1.82, 2.24) is 4.72 Å². The van der Waals surface area contributed by atoms with Gasteiger partial charge >= 0.3 is 0 Å².